The summed E-state index contributed by atoms with van der Waals surface area (Å²) >= 11 is 2.20. The molecule has 0 atom stereocenters. The summed E-state index contributed by atoms with van der Waals surface area (Å²) in [5.74, 6) is 0. The molecule has 60 valence electrons. The van der Waals surface area contributed by atoms with Crippen LogP contribution in [0.4, 0.5) is 0 Å². The summed E-state index contributed by atoms with van der Waals surface area (Å²) in [5.41, 5.74) is 2.27. The SMILES string of the molecule is C=C(C)C(/C=C\I)=C\C=C/C. The van der Waals surface area contributed by atoms with Crippen LogP contribution in [0.15, 0.2) is 46.1 Å². The molecule has 0 aromatic heterocycles. The van der Waals surface area contributed by atoms with E-state index in [0.29, 0.717) is 0 Å². The van der Waals surface area contributed by atoms with Gasteiger partial charge < -0.3 is 0 Å². The maximum atomic E-state index is 3.87. The standard InChI is InChI=1S/C10H13I/c1-4-5-6-10(7-8-11)9(2)3/h4-8H,2H2,1,3H3/b5-4-,8-7-,10-6-. The van der Waals surface area contributed by atoms with Gasteiger partial charge in [0.15, 0.2) is 0 Å². The summed E-state index contributed by atoms with van der Waals surface area (Å²) in [6.07, 6.45) is 8.12. The second kappa shape index (κ2) is 6.40. The lowest BCUT2D eigenvalue weighted by molar-refractivity contribution is 1.45. The summed E-state index contributed by atoms with van der Waals surface area (Å²) in [4.78, 5) is 0. The first-order valence-corrected chi connectivity index (χ1v) is 4.72. The molecular formula is C10H13I. The van der Waals surface area contributed by atoms with E-state index in [9.17, 15) is 0 Å². The zero-order valence-electron chi connectivity index (χ0n) is 6.97. The van der Waals surface area contributed by atoms with Gasteiger partial charge in [0.25, 0.3) is 0 Å². The zero-order valence-corrected chi connectivity index (χ0v) is 9.13. The first-order chi connectivity index (χ1) is 5.22. The minimum atomic E-state index is 1.09. The quantitative estimate of drug-likeness (QED) is 0.531. The molecule has 0 bridgehead atoms. The average molecular weight is 260 g/mol. The Labute approximate surface area is 82.5 Å². The molecule has 0 saturated carbocycles. The van der Waals surface area contributed by atoms with Crippen molar-refractivity contribution in [2.45, 2.75) is 13.8 Å². The maximum Gasteiger partial charge on any atom is -0.0228 e. The lowest BCUT2D eigenvalue weighted by Crippen LogP contribution is -1.76. The summed E-state index contributed by atoms with van der Waals surface area (Å²) < 4.78 is 1.99. The first-order valence-electron chi connectivity index (χ1n) is 3.48. The Morgan fingerprint density at radius 1 is 1.45 bits per heavy atom. The van der Waals surface area contributed by atoms with Crippen molar-refractivity contribution < 1.29 is 0 Å². The van der Waals surface area contributed by atoms with E-state index in [0.717, 1.165) is 5.57 Å². The minimum absolute atomic E-state index is 1.09. The van der Waals surface area contributed by atoms with Gasteiger partial charge in [-0.2, -0.15) is 0 Å². The Kier molecular flexibility index (Phi) is 6.22. The fourth-order valence-electron chi connectivity index (χ4n) is 0.608. The third-order valence-corrected chi connectivity index (χ3v) is 1.56. The maximum absolute atomic E-state index is 3.87. The molecule has 0 aliphatic rings. The monoisotopic (exact) mass is 260 g/mol. The van der Waals surface area contributed by atoms with E-state index in [-0.39, 0.29) is 0 Å². The highest BCUT2D eigenvalue weighted by molar-refractivity contribution is 14.1. The summed E-state index contributed by atoms with van der Waals surface area (Å²) in [5, 5.41) is 0. The van der Waals surface area contributed by atoms with Gasteiger partial charge in [-0.15, -0.1) is 0 Å². The Hall–Kier alpha value is -0.310. The molecule has 11 heavy (non-hydrogen) atoms. The first kappa shape index (κ1) is 10.7. The fraction of sp³-hybridized carbons (Fsp3) is 0.200. The van der Waals surface area contributed by atoms with Gasteiger partial charge in [0.2, 0.25) is 0 Å². The fourth-order valence-corrected chi connectivity index (χ4v) is 0.995. The molecule has 0 heterocycles. The number of halogens is 1. The molecule has 1 heteroatoms. The lowest BCUT2D eigenvalue weighted by Gasteiger charge is -1.96. The van der Waals surface area contributed by atoms with Crippen LogP contribution in [0.25, 0.3) is 0 Å². The van der Waals surface area contributed by atoms with Gasteiger partial charge in [0.05, 0.1) is 0 Å². The van der Waals surface area contributed by atoms with Gasteiger partial charge in [-0.1, -0.05) is 53.0 Å². The van der Waals surface area contributed by atoms with E-state index in [4.69, 9.17) is 0 Å². The van der Waals surface area contributed by atoms with Crippen molar-refractivity contribution in [1.29, 1.82) is 0 Å². The van der Waals surface area contributed by atoms with E-state index < -0.39 is 0 Å². The largest absolute Gasteiger partial charge is 0.0955 e. The molecular weight excluding hydrogens is 247 g/mol. The van der Waals surface area contributed by atoms with Gasteiger partial charge in [-0.05, 0) is 29.6 Å². The third kappa shape index (κ3) is 5.01. The average Bonchev–Trinajstić information content (AvgIpc) is 1.97. The van der Waals surface area contributed by atoms with Gasteiger partial charge in [-0.25, -0.2) is 0 Å². The highest BCUT2D eigenvalue weighted by Crippen LogP contribution is 2.09. The van der Waals surface area contributed by atoms with Gasteiger partial charge in [-0.3, -0.25) is 0 Å². The minimum Gasteiger partial charge on any atom is -0.0955 e. The van der Waals surface area contributed by atoms with E-state index >= 15 is 0 Å². The van der Waals surface area contributed by atoms with Crippen LogP contribution < -0.4 is 0 Å². The molecule has 0 saturated heterocycles. The van der Waals surface area contributed by atoms with E-state index in [1.807, 2.05) is 36.2 Å². The Morgan fingerprint density at radius 2 is 2.09 bits per heavy atom. The molecule has 0 radical (unpaired) electrons. The van der Waals surface area contributed by atoms with Crippen molar-refractivity contribution in [3.05, 3.63) is 46.1 Å². The van der Waals surface area contributed by atoms with Crippen molar-refractivity contribution in [1.82, 2.24) is 0 Å². The van der Waals surface area contributed by atoms with Crippen LogP contribution in [0.5, 0.6) is 0 Å². The Morgan fingerprint density at radius 3 is 2.45 bits per heavy atom. The van der Waals surface area contributed by atoms with Crippen LogP contribution in [0.2, 0.25) is 0 Å². The zero-order chi connectivity index (χ0) is 8.69. The molecule has 0 aromatic rings. The van der Waals surface area contributed by atoms with Crippen molar-refractivity contribution in [3.8, 4) is 0 Å². The molecule has 0 amide bonds. The van der Waals surface area contributed by atoms with Crippen LogP contribution in [0.1, 0.15) is 13.8 Å². The van der Waals surface area contributed by atoms with E-state index in [2.05, 4.69) is 35.2 Å². The lowest BCUT2D eigenvalue weighted by atomic mass is 10.1. The number of hydrogen-bond donors (Lipinski definition) is 0. The number of rotatable bonds is 3. The number of hydrogen-bond acceptors (Lipinski definition) is 0. The molecule has 0 unspecified atom stereocenters. The molecule has 0 fully saturated rings. The summed E-state index contributed by atoms with van der Waals surface area (Å²) in [7, 11) is 0. The number of allylic oxidation sites excluding steroid dienone is 6. The highest BCUT2D eigenvalue weighted by atomic mass is 127. The Bertz CT molecular complexity index is 207. The van der Waals surface area contributed by atoms with E-state index in [1.165, 1.54) is 5.57 Å². The molecule has 0 spiro atoms. The molecule has 0 aromatic carbocycles. The molecule has 0 nitrogen and oxygen atoms in total. The molecule has 0 N–H and O–H groups in total. The summed E-state index contributed by atoms with van der Waals surface area (Å²) in [6, 6.07) is 0. The molecule has 0 rings (SSSR count). The normalized spacial score (nSPS) is 13.2. The van der Waals surface area contributed by atoms with Gasteiger partial charge in [0.1, 0.15) is 0 Å². The van der Waals surface area contributed by atoms with Crippen LogP contribution in [-0.2, 0) is 0 Å². The van der Waals surface area contributed by atoms with Crippen LogP contribution in [0, 0.1) is 0 Å². The molecule has 0 aliphatic heterocycles. The van der Waals surface area contributed by atoms with Crippen LogP contribution in [0.3, 0.4) is 0 Å². The van der Waals surface area contributed by atoms with Crippen molar-refractivity contribution >= 4 is 22.6 Å². The Balaban J connectivity index is 4.45. The van der Waals surface area contributed by atoms with Crippen molar-refractivity contribution in [3.63, 3.8) is 0 Å². The van der Waals surface area contributed by atoms with Crippen LogP contribution >= 0.6 is 22.6 Å². The predicted octanol–water partition coefficient (Wildman–Crippen LogP) is 4.01. The van der Waals surface area contributed by atoms with E-state index in [1.54, 1.807) is 0 Å². The van der Waals surface area contributed by atoms with Crippen molar-refractivity contribution in [2.24, 2.45) is 0 Å². The van der Waals surface area contributed by atoms with Gasteiger partial charge >= 0.3 is 0 Å². The van der Waals surface area contributed by atoms with Crippen molar-refractivity contribution in [2.75, 3.05) is 0 Å². The smallest absolute Gasteiger partial charge is 0.0228 e. The highest BCUT2D eigenvalue weighted by Gasteiger charge is 1.88. The third-order valence-electron chi connectivity index (χ3n) is 1.20. The topological polar surface area (TPSA) is 0 Å². The predicted molar refractivity (Wildman–Crippen MR) is 60.9 cm³/mol. The van der Waals surface area contributed by atoms with Gasteiger partial charge in [0, 0.05) is 0 Å². The van der Waals surface area contributed by atoms with Crippen LogP contribution in [-0.4, -0.2) is 0 Å². The second-order valence-corrected chi connectivity index (χ2v) is 2.94. The second-order valence-electron chi connectivity index (χ2n) is 2.22. The summed E-state index contributed by atoms with van der Waals surface area (Å²) in [6.45, 7) is 7.88. The molecule has 0 aliphatic carbocycles.